The van der Waals surface area contributed by atoms with Crippen molar-refractivity contribution in [1.29, 1.82) is 0 Å². The number of hydrogen-bond donors (Lipinski definition) is 1. The first kappa shape index (κ1) is 15.2. The van der Waals surface area contributed by atoms with Gasteiger partial charge in [0.1, 0.15) is 0 Å². The van der Waals surface area contributed by atoms with Gasteiger partial charge in [0.2, 0.25) is 0 Å². The molecule has 0 heterocycles. The van der Waals surface area contributed by atoms with E-state index in [9.17, 15) is 4.79 Å². The smallest absolute Gasteiger partial charge is 0.252 e. The van der Waals surface area contributed by atoms with E-state index in [4.69, 9.17) is 0 Å². The molecule has 0 fully saturated rings. The third-order valence-corrected chi connectivity index (χ3v) is 3.95. The van der Waals surface area contributed by atoms with E-state index in [0.29, 0.717) is 12.1 Å². The molecule has 0 saturated heterocycles. The third-order valence-electron chi connectivity index (χ3n) is 3.26. The van der Waals surface area contributed by atoms with E-state index in [-0.39, 0.29) is 11.4 Å². The molecule has 1 N–H and O–H groups in total. The number of nitrogens with one attached hydrogen (secondary N) is 1. The first-order valence-corrected chi connectivity index (χ1v) is 6.75. The second-order valence-corrected chi connectivity index (χ2v) is 6.23. The summed E-state index contributed by atoms with van der Waals surface area (Å²) in [6, 6.07) is 5.77. The number of carbonyl (C=O) groups is 1. The average Bonchev–Trinajstić information content (AvgIpc) is 2.29. The van der Waals surface area contributed by atoms with Crippen LogP contribution in [0.25, 0.3) is 0 Å². The van der Waals surface area contributed by atoms with E-state index in [1.807, 2.05) is 39.2 Å². The van der Waals surface area contributed by atoms with Gasteiger partial charge in [0, 0.05) is 16.6 Å². The fraction of sp³-hybridized carbons (Fsp3) is 0.500. The molecule has 0 bridgehead atoms. The van der Waals surface area contributed by atoms with Crippen LogP contribution in [-0.4, -0.2) is 37.0 Å². The van der Waals surface area contributed by atoms with Crippen molar-refractivity contribution < 1.29 is 4.79 Å². The number of hydrogen-bond acceptors (Lipinski definition) is 2. The molecule has 1 aromatic rings. The van der Waals surface area contributed by atoms with Gasteiger partial charge < -0.3 is 10.2 Å². The molecule has 3 nitrogen and oxygen atoms in total. The molecule has 0 aliphatic rings. The van der Waals surface area contributed by atoms with Crippen LogP contribution in [0.1, 0.15) is 29.8 Å². The summed E-state index contributed by atoms with van der Waals surface area (Å²) in [6.07, 6.45) is 0. The van der Waals surface area contributed by atoms with Gasteiger partial charge in [-0.25, -0.2) is 0 Å². The average molecular weight is 313 g/mol. The molecule has 0 radical (unpaired) electrons. The van der Waals surface area contributed by atoms with Crippen LogP contribution in [0.3, 0.4) is 0 Å². The molecule has 0 unspecified atom stereocenters. The lowest BCUT2D eigenvalue weighted by atomic mass is 10.0. The van der Waals surface area contributed by atoms with Crippen LogP contribution in [0.2, 0.25) is 0 Å². The van der Waals surface area contributed by atoms with Gasteiger partial charge in [0.15, 0.2) is 0 Å². The van der Waals surface area contributed by atoms with Gasteiger partial charge in [-0.05, 0) is 62.9 Å². The highest BCUT2D eigenvalue weighted by Gasteiger charge is 2.21. The van der Waals surface area contributed by atoms with E-state index in [2.05, 4.69) is 40.0 Å². The van der Waals surface area contributed by atoms with Crippen LogP contribution in [-0.2, 0) is 0 Å². The van der Waals surface area contributed by atoms with Gasteiger partial charge in [0.05, 0.1) is 5.56 Å². The Morgan fingerprint density at radius 2 is 2.00 bits per heavy atom. The first-order chi connectivity index (χ1) is 8.24. The Morgan fingerprint density at radius 3 is 2.56 bits per heavy atom. The van der Waals surface area contributed by atoms with Crippen LogP contribution in [0.4, 0.5) is 0 Å². The molecule has 1 aromatic carbocycles. The Hall–Kier alpha value is -0.870. The Kier molecular flexibility index (Phi) is 4.93. The third kappa shape index (κ3) is 3.82. The normalized spacial score (nSPS) is 11.7. The predicted molar refractivity (Wildman–Crippen MR) is 79.0 cm³/mol. The highest BCUT2D eigenvalue weighted by molar-refractivity contribution is 9.10. The fourth-order valence-corrected chi connectivity index (χ4v) is 1.79. The summed E-state index contributed by atoms with van der Waals surface area (Å²) in [7, 11) is 4.02. The van der Waals surface area contributed by atoms with E-state index in [1.165, 1.54) is 0 Å². The van der Waals surface area contributed by atoms with E-state index >= 15 is 0 Å². The number of nitrogens with zero attached hydrogens (tertiary/aromatic N) is 1. The number of amides is 1. The lowest BCUT2D eigenvalue weighted by molar-refractivity contribution is 0.0919. The Balaban J connectivity index is 2.75. The zero-order valence-corrected chi connectivity index (χ0v) is 13.3. The summed E-state index contributed by atoms with van der Waals surface area (Å²) in [6.45, 7) is 6.78. The van der Waals surface area contributed by atoms with E-state index in [0.717, 1.165) is 10.0 Å². The van der Waals surface area contributed by atoms with Crippen molar-refractivity contribution in [3.05, 3.63) is 33.8 Å². The molecule has 0 aromatic heterocycles. The summed E-state index contributed by atoms with van der Waals surface area (Å²) in [5.41, 5.74) is 1.70. The summed E-state index contributed by atoms with van der Waals surface area (Å²) >= 11 is 3.41. The van der Waals surface area contributed by atoms with Crippen LogP contribution in [0.15, 0.2) is 22.7 Å². The maximum atomic E-state index is 12.1. The van der Waals surface area contributed by atoms with Gasteiger partial charge in [-0.3, -0.25) is 4.79 Å². The number of rotatable bonds is 4. The number of aryl methyl sites for hydroxylation is 1. The summed E-state index contributed by atoms with van der Waals surface area (Å²) in [4.78, 5) is 14.2. The molecule has 0 atom stereocenters. The molecule has 18 heavy (non-hydrogen) atoms. The van der Waals surface area contributed by atoms with Crippen LogP contribution >= 0.6 is 15.9 Å². The quantitative estimate of drug-likeness (QED) is 0.927. The Labute approximate surface area is 118 Å². The summed E-state index contributed by atoms with van der Waals surface area (Å²) < 4.78 is 0.827. The molecule has 0 spiro atoms. The Bertz CT molecular complexity index is 441. The molecular formula is C14H21BrN2O. The second-order valence-electron chi connectivity index (χ2n) is 5.37. The van der Waals surface area contributed by atoms with Gasteiger partial charge in [-0.1, -0.05) is 11.6 Å². The minimum absolute atomic E-state index is 0.0412. The standard InChI is InChI=1S/C14H21BrN2O/c1-10-6-7-12(15)11(8-10)13(18)16-9-14(2,3)17(4)5/h6-8H,9H2,1-5H3,(H,16,18). The zero-order chi connectivity index (χ0) is 13.9. The highest BCUT2D eigenvalue weighted by Crippen LogP contribution is 2.18. The molecule has 0 saturated carbocycles. The van der Waals surface area contributed by atoms with Crippen molar-refractivity contribution in [2.75, 3.05) is 20.6 Å². The topological polar surface area (TPSA) is 32.3 Å². The molecule has 0 aliphatic heterocycles. The Morgan fingerprint density at radius 1 is 1.39 bits per heavy atom. The lowest BCUT2D eigenvalue weighted by Gasteiger charge is -2.32. The van der Waals surface area contributed by atoms with Gasteiger partial charge in [-0.15, -0.1) is 0 Å². The highest BCUT2D eigenvalue weighted by atomic mass is 79.9. The number of halogens is 1. The number of likely N-dealkylation sites (N-methyl/N-ethyl adjacent to an activating group) is 1. The van der Waals surface area contributed by atoms with Crippen LogP contribution in [0.5, 0.6) is 0 Å². The van der Waals surface area contributed by atoms with Crippen molar-refractivity contribution in [3.8, 4) is 0 Å². The molecule has 4 heteroatoms. The van der Waals surface area contributed by atoms with E-state index < -0.39 is 0 Å². The molecular weight excluding hydrogens is 292 g/mol. The molecule has 0 aliphatic carbocycles. The predicted octanol–water partition coefficient (Wildman–Crippen LogP) is 2.83. The molecule has 1 amide bonds. The second kappa shape index (κ2) is 5.85. The fourth-order valence-electron chi connectivity index (χ4n) is 1.36. The minimum Gasteiger partial charge on any atom is -0.350 e. The van der Waals surface area contributed by atoms with Gasteiger partial charge in [-0.2, -0.15) is 0 Å². The minimum atomic E-state index is -0.0635. The maximum absolute atomic E-state index is 12.1. The van der Waals surface area contributed by atoms with Gasteiger partial charge >= 0.3 is 0 Å². The summed E-state index contributed by atoms with van der Waals surface area (Å²) in [5.74, 6) is -0.0412. The zero-order valence-electron chi connectivity index (χ0n) is 11.7. The number of carbonyl (C=O) groups excluding carboxylic acids is 1. The van der Waals surface area contributed by atoms with Crippen molar-refractivity contribution >= 4 is 21.8 Å². The molecule has 1 rings (SSSR count). The van der Waals surface area contributed by atoms with Crippen molar-refractivity contribution in [3.63, 3.8) is 0 Å². The monoisotopic (exact) mass is 312 g/mol. The number of benzene rings is 1. The van der Waals surface area contributed by atoms with Crippen LogP contribution in [0, 0.1) is 6.92 Å². The largest absolute Gasteiger partial charge is 0.350 e. The SMILES string of the molecule is Cc1ccc(Br)c(C(=O)NCC(C)(C)N(C)C)c1. The lowest BCUT2D eigenvalue weighted by Crippen LogP contribution is -2.48. The first-order valence-electron chi connectivity index (χ1n) is 5.96. The van der Waals surface area contributed by atoms with Crippen molar-refractivity contribution in [2.24, 2.45) is 0 Å². The van der Waals surface area contributed by atoms with E-state index in [1.54, 1.807) is 0 Å². The van der Waals surface area contributed by atoms with Crippen LogP contribution < -0.4 is 5.32 Å². The van der Waals surface area contributed by atoms with Gasteiger partial charge in [0.25, 0.3) is 5.91 Å². The molecule has 100 valence electrons. The van der Waals surface area contributed by atoms with Crippen molar-refractivity contribution in [1.82, 2.24) is 10.2 Å². The maximum Gasteiger partial charge on any atom is 0.252 e. The summed E-state index contributed by atoms with van der Waals surface area (Å²) in [5, 5.41) is 2.98. The van der Waals surface area contributed by atoms with Crippen molar-refractivity contribution in [2.45, 2.75) is 26.3 Å².